The van der Waals surface area contributed by atoms with Gasteiger partial charge in [0.1, 0.15) is 23.4 Å². The summed E-state index contributed by atoms with van der Waals surface area (Å²) in [5, 5.41) is 13.8. The minimum atomic E-state index is -2.72. The summed E-state index contributed by atoms with van der Waals surface area (Å²) in [5.74, 6) is -1.42. The molecular weight excluding hydrogens is 736 g/mol. The summed E-state index contributed by atoms with van der Waals surface area (Å²) >= 11 is 0. The van der Waals surface area contributed by atoms with Gasteiger partial charge in [-0.3, -0.25) is 19.1 Å². The summed E-state index contributed by atoms with van der Waals surface area (Å²) in [6.07, 6.45) is -1.11. The Morgan fingerprint density at radius 1 is 1.15 bits per heavy atom. The van der Waals surface area contributed by atoms with E-state index in [1.54, 1.807) is 26.0 Å². The molecule has 19 heteroatoms. The SMILES string of the molecule is CC1(NC=O)CC1.COC1CC(c2cc(NC(=O)c3cc(OCC(F)F)nn3C)n(COC(=O)CC(C)(C)c3c(C)cc(C)cc3OP(O)O)n2)CC1F. The second-order valence-electron chi connectivity index (χ2n) is 14.4. The summed E-state index contributed by atoms with van der Waals surface area (Å²) in [6, 6.07) is 6.31. The number of amides is 2. The van der Waals surface area contributed by atoms with Crippen LogP contribution in [0.25, 0.3) is 0 Å². The van der Waals surface area contributed by atoms with Gasteiger partial charge >= 0.3 is 14.6 Å². The number of carbonyl (C=O) groups is 3. The molecule has 2 fully saturated rings. The standard InChI is InChI=1S/C30H39F3N5O8P.C5H9NO/c1-16-7-17(2)28(23(8-16)46-47(41)42)30(3,4)13-27(39)45-15-38-25(11-20(35-38)18-9-19(31)22(10-18)43-6)34-29(40)21-12-26(36-37(21)5)44-14-24(32)33;1-5(2-3-5)6-4-7/h7-8,11-12,18-19,22,24,41-42H,9-10,13-15H2,1-6H3,(H,34,40);4H,2-3H2,1H3,(H,6,7). The number of aryl methyl sites for hydroxylation is 3. The zero-order chi connectivity index (χ0) is 40.0. The first-order chi connectivity index (χ1) is 25.3. The van der Waals surface area contributed by atoms with Crippen molar-refractivity contribution in [1.82, 2.24) is 24.9 Å². The Hall–Kier alpha value is -4.25. The number of hydrogen-bond acceptors (Lipinski definition) is 11. The third-order valence-corrected chi connectivity index (χ3v) is 9.64. The molecule has 3 aromatic rings. The molecule has 2 aromatic heterocycles. The van der Waals surface area contributed by atoms with E-state index in [0.29, 0.717) is 17.7 Å². The molecule has 2 aliphatic carbocycles. The van der Waals surface area contributed by atoms with Gasteiger partial charge in [-0.1, -0.05) is 19.9 Å². The van der Waals surface area contributed by atoms with Crippen LogP contribution in [-0.2, 0) is 38.3 Å². The maximum atomic E-state index is 14.5. The average molecular weight is 785 g/mol. The summed E-state index contributed by atoms with van der Waals surface area (Å²) in [7, 11) is 0.168. The number of nitrogens with zero attached hydrogens (tertiary/aromatic N) is 4. The van der Waals surface area contributed by atoms with Crippen LogP contribution in [0.5, 0.6) is 11.6 Å². The van der Waals surface area contributed by atoms with E-state index in [1.807, 2.05) is 26.8 Å². The number of esters is 1. The number of alkyl halides is 3. The highest BCUT2D eigenvalue weighted by Gasteiger charge is 2.38. The fraction of sp³-hybridized carbons (Fsp3) is 0.571. The molecular formula is C35H48F3N6O9P. The summed E-state index contributed by atoms with van der Waals surface area (Å²) in [6.45, 7) is 7.99. The van der Waals surface area contributed by atoms with Crippen LogP contribution in [0.3, 0.4) is 0 Å². The lowest BCUT2D eigenvalue weighted by molar-refractivity contribution is -0.149. The quantitative estimate of drug-likeness (QED) is 0.0860. The van der Waals surface area contributed by atoms with E-state index in [1.165, 1.54) is 24.9 Å². The highest BCUT2D eigenvalue weighted by Crippen LogP contribution is 2.42. The fourth-order valence-electron chi connectivity index (χ4n) is 6.38. The van der Waals surface area contributed by atoms with Crippen LogP contribution in [0, 0.1) is 13.8 Å². The third kappa shape index (κ3) is 11.4. The van der Waals surface area contributed by atoms with E-state index in [0.717, 1.165) is 35.1 Å². The first-order valence-electron chi connectivity index (χ1n) is 17.2. The van der Waals surface area contributed by atoms with Gasteiger partial charge < -0.3 is 39.2 Å². The van der Waals surface area contributed by atoms with Gasteiger partial charge in [0, 0.05) is 48.7 Å². The smallest absolute Gasteiger partial charge is 0.391 e. The molecule has 4 N–H and O–H groups in total. The number of halogens is 3. The van der Waals surface area contributed by atoms with Gasteiger partial charge in [0.25, 0.3) is 12.3 Å². The minimum absolute atomic E-state index is 0.00707. The van der Waals surface area contributed by atoms with E-state index < -0.39 is 57.9 Å². The first-order valence-corrected chi connectivity index (χ1v) is 18.4. The molecule has 54 heavy (non-hydrogen) atoms. The fourth-order valence-corrected chi connectivity index (χ4v) is 6.70. The molecule has 0 aliphatic heterocycles. The first kappa shape index (κ1) is 42.5. The van der Waals surface area contributed by atoms with E-state index in [2.05, 4.69) is 20.8 Å². The van der Waals surface area contributed by atoms with Gasteiger partial charge in [0.05, 0.1) is 18.2 Å². The summed E-state index contributed by atoms with van der Waals surface area (Å²) < 4.78 is 63.1. The minimum Gasteiger partial charge on any atom is -0.471 e. The Bertz CT molecular complexity index is 1780. The maximum absolute atomic E-state index is 14.5. The Morgan fingerprint density at radius 2 is 1.85 bits per heavy atom. The predicted octanol–water partition coefficient (Wildman–Crippen LogP) is 5.10. The Balaban J connectivity index is 0.000000831. The molecule has 3 atom stereocenters. The number of hydrogen-bond donors (Lipinski definition) is 4. The monoisotopic (exact) mass is 784 g/mol. The highest BCUT2D eigenvalue weighted by atomic mass is 31.2. The highest BCUT2D eigenvalue weighted by molar-refractivity contribution is 7.39. The van der Waals surface area contributed by atoms with Crippen LogP contribution in [0.1, 0.15) is 91.7 Å². The summed E-state index contributed by atoms with van der Waals surface area (Å²) in [5.41, 5.74) is 1.99. The molecule has 2 saturated carbocycles. The Morgan fingerprint density at radius 3 is 2.43 bits per heavy atom. The van der Waals surface area contributed by atoms with Crippen LogP contribution in [0.2, 0.25) is 0 Å². The molecule has 2 aliphatic rings. The number of anilines is 1. The van der Waals surface area contributed by atoms with Gasteiger partial charge in [0.15, 0.2) is 13.3 Å². The van der Waals surface area contributed by atoms with Crippen molar-refractivity contribution in [1.29, 1.82) is 0 Å². The third-order valence-electron chi connectivity index (χ3n) is 9.28. The van der Waals surface area contributed by atoms with E-state index in [9.17, 15) is 37.3 Å². The lowest BCUT2D eigenvalue weighted by Gasteiger charge is -2.29. The topological polar surface area (TPSA) is 188 Å². The van der Waals surface area contributed by atoms with Crippen LogP contribution in [0.15, 0.2) is 24.3 Å². The number of ether oxygens (including phenoxy) is 3. The summed E-state index contributed by atoms with van der Waals surface area (Å²) in [4.78, 5) is 55.2. The molecule has 0 radical (unpaired) electrons. The number of carbonyl (C=O) groups excluding carboxylic acids is 3. The molecule has 0 bridgehead atoms. The van der Waals surface area contributed by atoms with Gasteiger partial charge in [-0.15, -0.1) is 5.10 Å². The molecule has 3 unspecified atom stereocenters. The second kappa shape index (κ2) is 17.9. The maximum Gasteiger partial charge on any atom is 0.391 e. The van der Waals surface area contributed by atoms with Gasteiger partial charge in [-0.25, -0.2) is 17.9 Å². The Labute approximate surface area is 312 Å². The van der Waals surface area contributed by atoms with Crippen molar-refractivity contribution in [2.75, 3.05) is 19.0 Å². The molecule has 15 nitrogen and oxygen atoms in total. The number of rotatable bonds is 16. The normalized spacial score (nSPS) is 18.9. The van der Waals surface area contributed by atoms with Crippen molar-refractivity contribution in [3.05, 3.63) is 52.3 Å². The van der Waals surface area contributed by atoms with Gasteiger partial charge in [0.2, 0.25) is 12.3 Å². The van der Waals surface area contributed by atoms with Crippen molar-refractivity contribution < 1.29 is 56.1 Å². The van der Waals surface area contributed by atoms with Gasteiger partial charge in [-0.2, -0.15) is 5.10 Å². The molecule has 298 valence electrons. The van der Waals surface area contributed by atoms with E-state index >= 15 is 0 Å². The van der Waals surface area contributed by atoms with Crippen LogP contribution in [-0.4, -0.2) is 85.6 Å². The lowest BCUT2D eigenvalue weighted by Crippen LogP contribution is -2.26. The number of benzene rings is 1. The van der Waals surface area contributed by atoms with Crippen molar-refractivity contribution in [3.63, 3.8) is 0 Å². The molecule has 0 saturated heterocycles. The van der Waals surface area contributed by atoms with Crippen molar-refractivity contribution in [2.45, 2.75) is 109 Å². The molecule has 2 amide bonds. The number of nitrogens with one attached hydrogen (secondary N) is 2. The van der Waals surface area contributed by atoms with Crippen molar-refractivity contribution in [3.8, 4) is 11.6 Å². The molecule has 0 spiro atoms. The molecule has 5 rings (SSSR count). The average Bonchev–Trinajstić information content (AvgIpc) is 3.34. The van der Waals surface area contributed by atoms with E-state index in [-0.39, 0.29) is 47.4 Å². The van der Waals surface area contributed by atoms with Gasteiger partial charge in [-0.05, 0) is 63.6 Å². The zero-order valence-electron chi connectivity index (χ0n) is 31.3. The van der Waals surface area contributed by atoms with Crippen LogP contribution < -0.4 is 19.9 Å². The molecule has 1 aromatic carbocycles. The lowest BCUT2D eigenvalue weighted by atomic mass is 9.78. The largest absolute Gasteiger partial charge is 0.471 e. The molecule has 2 heterocycles. The van der Waals surface area contributed by atoms with Crippen molar-refractivity contribution >= 4 is 32.7 Å². The van der Waals surface area contributed by atoms with Crippen LogP contribution in [0.4, 0.5) is 19.0 Å². The van der Waals surface area contributed by atoms with Crippen LogP contribution >= 0.6 is 8.60 Å². The second-order valence-corrected chi connectivity index (χ2v) is 15.1. The number of aromatic nitrogens is 4. The van der Waals surface area contributed by atoms with Crippen molar-refractivity contribution in [2.24, 2.45) is 7.05 Å². The Kier molecular flexibility index (Phi) is 14.1. The predicted molar refractivity (Wildman–Crippen MR) is 191 cm³/mol. The number of methoxy groups -OCH3 is 1. The van der Waals surface area contributed by atoms with E-state index in [4.69, 9.17) is 18.7 Å². The zero-order valence-corrected chi connectivity index (χ0v) is 32.2.